The Morgan fingerprint density at radius 2 is 1.64 bits per heavy atom. The van der Waals surface area contributed by atoms with E-state index in [2.05, 4.69) is 50.2 Å². The van der Waals surface area contributed by atoms with Crippen molar-refractivity contribution >= 4 is 22.7 Å². The Hall–Kier alpha value is -0.500. The van der Waals surface area contributed by atoms with Gasteiger partial charge in [-0.1, -0.05) is 18.2 Å². The molecule has 1 aromatic rings. The monoisotopic (exact) mass is 215 g/mol. The van der Waals surface area contributed by atoms with E-state index < -0.39 is 0 Å². The first kappa shape index (κ1) is 10.5. The predicted octanol–water partition coefficient (Wildman–Crippen LogP) is 2.64. The smallest absolute Gasteiger partial charge is 0.0390 e. The zero-order chi connectivity index (χ0) is 7.56. The SMILES string of the molecule is Br.Cc1ccccc1N(C)C. The van der Waals surface area contributed by atoms with Crippen LogP contribution in [0, 0.1) is 6.92 Å². The van der Waals surface area contributed by atoms with Crippen LogP contribution in [0.5, 0.6) is 0 Å². The Morgan fingerprint density at radius 1 is 1.09 bits per heavy atom. The van der Waals surface area contributed by atoms with Crippen LogP contribution in [0.3, 0.4) is 0 Å². The van der Waals surface area contributed by atoms with Crippen molar-refractivity contribution in [1.29, 1.82) is 0 Å². The molecule has 62 valence electrons. The Kier molecular flexibility index (Phi) is 4.19. The number of halogens is 1. The van der Waals surface area contributed by atoms with Gasteiger partial charge < -0.3 is 4.90 Å². The van der Waals surface area contributed by atoms with Crippen molar-refractivity contribution < 1.29 is 0 Å². The molecular weight excluding hydrogens is 202 g/mol. The molecule has 11 heavy (non-hydrogen) atoms. The van der Waals surface area contributed by atoms with Crippen molar-refractivity contribution in [1.82, 2.24) is 0 Å². The van der Waals surface area contributed by atoms with Crippen LogP contribution >= 0.6 is 17.0 Å². The van der Waals surface area contributed by atoms with Crippen molar-refractivity contribution in [3.63, 3.8) is 0 Å². The summed E-state index contributed by atoms with van der Waals surface area (Å²) in [4.78, 5) is 2.12. The molecule has 0 N–H and O–H groups in total. The third-order valence-corrected chi connectivity index (χ3v) is 1.60. The highest BCUT2D eigenvalue weighted by Crippen LogP contribution is 2.15. The fourth-order valence-electron chi connectivity index (χ4n) is 1.07. The minimum absolute atomic E-state index is 0. The number of nitrogens with zero attached hydrogens (tertiary/aromatic N) is 1. The highest BCUT2D eigenvalue weighted by Gasteiger charge is 1.95. The molecule has 2 heteroatoms. The second-order valence-corrected chi connectivity index (χ2v) is 2.68. The van der Waals surface area contributed by atoms with Gasteiger partial charge in [-0.05, 0) is 18.6 Å². The second kappa shape index (κ2) is 4.39. The molecule has 0 aromatic heterocycles. The van der Waals surface area contributed by atoms with E-state index in [0.29, 0.717) is 0 Å². The van der Waals surface area contributed by atoms with Crippen LogP contribution in [0.1, 0.15) is 5.56 Å². The van der Waals surface area contributed by atoms with E-state index in [0.717, 1.165) is 0 Å². The number of benzene rings is 1. The normalized spacial score (nSPS) is 8.64. The summed E-state index contributed by atoms with van der Waals surface area (Å²) < 4.78 is 0. The van der Waals surface area contributed by atoms with Crippen LogP contribution in [0.25, 0.3) is 0 Å². The molecule has 1 aromatic carbocycles. The van der Waals surface area contributed by atoms with Gasteiger partial charge in [0, 0.05) is 19.8 Å². The minimum atomic E-state index is 0. The van der Waals surface area contributed by atoms with Gasteiger partial charge in [-0.25, -0.2) is 0 Å². The zero-order valence-electron chi connectivity index (χ0n) is 7.16. The first-order chi connectivity index (χ1) is 4.72. The summed E-state index contributed by atoms with van der Waals surface area (Å²) in [7, 11) is 4.12. The van der Waals surface area contributed by atoms with E-state index in [4.69, 9.17) is 0 Å². The summed E-state index contributed by atoms with van der Waals surface area (Å²) in [5.74, 6) is 0. The number of rotatable bonds is 1. The molecule has 0 saturated heterocycles. The van der Waals surface area contributed by atoms with Gasteiger partial charge >= 0.3 is 0 Å². The fourth-order valence-corrected chi connectivity index (χ4v) is 1.07. The summed E-state index contributed by atoms with van der Waals surface area (Å²) in [6.07, 6.45) is 0. The van der Waals surface area contributed by atoms with Crippen LogP contribution in [0.15, 0.2) is 24.3 Å². The molecule has 0 heterocycles. The van der Waals surface area contributed by atoms with E-state index in [1.807, 2.05) is 0 Å². The number of hydrogen-bond donors (Lipinski definition) is 0. The molecule has 0 fully saturated rings. The molecule has 0 radical (unpaired) electrons. The Morgan fingerprint density at radius 3 is 2.00 bits per heavy atom. The van der Waals surface area contributed by atoms with Gasteiger partial charge in [0.2, 0.25) is 0 Å². The van der Waals surface area contributed by atoms with Crippen molar-refractivity contribution in [3.05, 3.63) is 29.8 Å². The van der Waals surface area contributed by atoms with Gasteiger partial charge in [-0.2, -0.15) is 0 Å². The van der Waals surface area contributed by atoms with Crippen LogP contribution in [0.2, 0.25) is 0 Å². The highest BCUT2D eigenvalue weighted by atomic mass is 79.9. The third-order valence-electron chi connectivity index (χ3n) is 1.60. The highest BCUT2D eigenvalue weighted by molar-refractivity contribution is 8.93. The van der Waals surface area contributed by atoms with E-state index in [1.165, 1.54) is 11.3 Å². The molecule has 0 amide bonds. The molecule has 0 saturated carbocycles. The summed E-state index contributed by atoms with van der Waals surface area (Å²) >= 11 is 0. The van der Waals surface area contributed by atoms with Crippen LogP contribution in [0.4, 0.5) is 5.69 Å². The van der Waals surface area contributed by atoms with Crippen molar-refractivity contribution in [2.75, 3.05) is 19.0 Å². The van der Waals surface area contributed by atoms with E-state index in [9.17, 15) is 0 Å². The van der Waals surface area contributed by atoms with Crippen molar-refractivity contribution in [2.45, 2.75) is 6.92 Å². The number of anilines is 1. The third kappa shape index (κ3) is 2.54. The topological polar surface area (TPSA) is 3.24 Å². The second-order valence-electron chi connectivity index (χ2n) is 2.68. The molecule has 0 unspecified atom stereocenters. The lowest BCUT2D eigenvalue weighted by Gasteiger charge is -2.14. The first-order valence-electron chi connectivity index (χ1n) is 3.45. The summed E-state index contributed by atoms with van der Waals surface area (Å²) in [6, 6.07) is 8.36. The maximum atomic E-state index is 2.12. The van der Waals surface area contributed by atoms with Crippen LogP contribution in [-0.2, 0) is 0 Å². The van der Waals surface area contributed by atoms with Gasteiger partial charge in [0.1, 0.15) is 0 Å². The van der Waals surface area contributed by atoms with Gasteiger partial charge in [0.15, 0.2) is 0 Å². The molecule has 1 nitrogen and oxygen atoms in total. The predicted molar refractivity (Wildman–Crippen MR) is 55.8 cm³/mol. The van der Waals surface area contributed by atoms with Gasteiger partial charge in [0.05, 0.1) is 0 Å². The number of hydrogen-bond acceptors (Lipinski definition) is 1. The number of para-hydroxylation sites is 1. The lowest BCUT2D eigenvalue weighted by Crippen LogP contribution is -2.09. The van der Waals surface area contributed by atoms with Crippen molar-refractivity contribution in [2.24, 2.45) is 0 Å². The Balaban J connectivity index is 0.000001000. The molecule has 0 spiro atoms. The number of aryl methyl sites for hydroxylation is 1. The van der Waals surface area contributed by atoms with Gasteiger partial charge in [-0.3, -0.25) is 0 Å². The van der Waals surface area contributed by atoms with Crippen LogP contribution in [-0.4, -0.2) is 14.1 Å². The molecular formula is C9H14BrN. The molecule has 0 aliphatic heterocycles. The zero-order valence-corrected chi connectivity index (χ0v) is 8.88. The lowest BCUT2D eigenvalue weighted by molar-refractivity contribution is 1.11. The minimum Gasteiger partial charge on any atom is -0.377 e. The molecule has 0 aliphatic carbocycles. The van der Waals surface area contributed by atoms with E-state index in [-0.39, 0.29) is 17.0 Å². The van der Waals surface area contributed by atoms with E-state index in [1.54, 1.807) is 0 Å². The van der Waals surface area contributed by atoms with Crippen LogP contribution < -0.4 is 4.90 Å². The largest absolute Gasteiger partial charge is 0.377 e. The fraction of sp³-hybridized carbons (Fsp3) is 0.333. The average molecular weight is 216 g/mol. The Bertz CT molecular complexity index is 221. The van der Waals surface area contributed by atoms with Crippen molar-refractivity contribution in [3.8, 4) is 0 Å². The first-order valence-corrected chi connectivity index (χ1v) is 3.45. The summed E-state index contributed by atoms with van der Waals surface area (Å²) in [5.41, 5.74) is 2.62. The van der Waals surface area contributed by atoms with Gasteiger partial charge in [-0.15, -0.1) is 17.0 Å². The Labute approximate surface area is 78.8 Å². The molecule has 1 rings (SSSR count). The maximum Gasteiger partial charge on any atom is 0.0390 e. The molecule has 0 bridgehead atoms. The molecule has 0 aliphatic rings. The maximum absolute atomic E-state index is 2.12. The van der Waals surface area contributed by atoms with E-state index >= 15 is 0 Å². The average Bonchev–Trinajstić information content (AvgIpc) is 1.88. The lowest BCUT2D eigenvalue weighted by atomic mass is 10.2. The van der Waals surface area contributed by atoms with Gasteiger partial charge in [0.25, 0.3) is 0 Å². The summed E-state index contributed by atoms with van der Waals surface area (Å²) in [6.45, 7) is 2.12. The molecule has 0 atom stereocenters. The standard InChI is InChI=1S/C9H13N.BrH/c1-8-6-4-5-7-9(8)10(2)3;/h4-7H,1-3H3;1H. The summed E-state index contributed by atoms with van der Waals surface area (Å²) in [5, 5.41) is 0. The quantitative estimate of drug-likeness (QED) is 0.697.